The van der Waals surface area contributed by atoms with Gasteiger partial charge in [0, 0.05) is 51.2 Å². The zero-order valence-corrected chi connectivity index (χ0v) is 56.5. The highest BCUT2D eigenvalue weighted by Gasteiger charge is 2.69. The third-order valence-electron chi connectivity index (χ3n) is 20.7. The van der Waals surface area contributed by atoms with E-state index in [0.717, 1.165) is 49.6 Å². The van der Waals surface area contributed by atoms with E-state index < -0.39 is 97.9 Å². The molecule has 0 radical (unpaired) electrons. The van der Waals surface area contributed by atoms with E-state index in [1.807, 2.05) is 6.07 Å². The quantitative estimate of drug-likeness (QED) is 0.0342. The van der Waals surface area contributed by atoms with Crippen molar-refractivity contribution in [1.82, 2.24) is 0 Å². The molecule has 0 aromatic heterocycles. The van der Waals surface area contributed by atoms with Crippen molar-refractivity contribution in [3.63, 3.8) is 0 Å². The molecule has 19 atom stereocenters. The second kappa shape index (κ2) is 27.3. The molecule has 0 spiro atoms. The number of sulfone groups is 1. The molecule has 6 bridgehead atoms. The van der Waals surface area contributed by atoms with E-state index in [-0.39, 0.29) is 70.7 Å². The number of Topliss-reactive ketones (excluding diaryl/α,β-unsaturated/α-hetero) is 1. The highest BCUT2D eigenvalue weighted by Crippen LogP contribution is 2.55. The molecule has 0 amide bonds. The number of hydrogen-bond donors (Lipinski definition) is 0. The summed E-state index contributed by atoms with van der Waals surface area (Å²) in [6.45, 7) is 34.4. The molecule has 0 saturated carbocycles. The molecule has 10 rings (SSSR count). The fourth-order valence-electron chi connectivity index (χ4n) is 14.5. The van der Waals surface area contributed by atoms with Crippen molar-refractivity contribution in [1.29, 1.82) is 0 Å². The van der Waals surface area contributed by atoms with Crippen molar-refractivity contribution < 1.29 is 64.8 Å². The largest absolute Gasteiger partial charge is 0.458 e. The number of halogens is 1. The topological polar surface area (TPSA) is 161 Å². The van der Waals surface area contributed by atoms with Crippen molar-refractivity contribution in [3.8, 4) is 0 Å². The minimum absolute atomic E-state index is 0.0242. The minimum Gasteiger partial charge on any atom is -0.458 e. The predicted octanol–water partition coefficient (Wildman–Crippen LogP) is 13.7. The molecule has 2 aromatic rings. The van der Waals surface area contributed by atoms with Gasteiger partial charge in [-0.1, -0.05) is 128 Å². The maximum absolute atomic E-state index is 15.8. The van der Waals surface area contributed by atoms with Crippen molar-refractivity contribution in [2.45, 2.75) is 271 Å². The van der Waals surface area contributed by atoms with Crippen LogP contribution in [0.25, 0.3) is 0 Å². The molecule has 8 aliphatic heterocycles. The monoisotopic (exact) mass is 1280 g/mol. The molecular weight excluding hydrogens is 1180 g/mol. The third-order valence-corrected chi connectivity index (χ3v) is 32.4. The second-order valence-electron chi connectivity index (χ2n) is 27.5. The van der Waals surface area contributed by atoms with Crippen LogP contribution in [0.3, 0.4) is 0 Å². The van der Waals surface area contributed by atoms with Crippen molar-refractivity contribution in [2.24, 2.45) is 23.7 Å². The van der Waals surface area contributed by atoms with Crippen LogP contribution in [0.1, 0.15) is 150 Å². The molecule has 2 aromatic carbocycles. The molecule has 14 nitrogen and oxygen atoms in total. The summed E-state index contributed by atoms with van der Waals surface area (Å²) in [7, 11) is -8.13. The van der Waals surface area contributed by atoms with Gasteiger partial charge in [0.25, 0.3) is 0 Å². The summed E-state index contributed by atoms with van der Waals surface area (Å²) in [5.74, 6) is -2.67. The number of ketones is 1. The maximum atomic E-state index is 15.8. The Kier molecular flexibility index (Phi) is 21.5. The first-order valence-corrected chi connectivity index (χ1v) is 39.6. The average Bonchev–Trinajstić information content (AvgIpc) is 1.59. The zero-order valence-electron chi connectivity index (χ0n) is 52.1. The van der Waals surface area contributed by atoms with Gasteiger partial charge >= 0.3 is 5.97 Å². The second-order valence-corrected chi connectivity index (χ2v) is 40.2. The first kappa shape index (κ1) is 66.0. The van der Waals surface area contributed by atoms with Crippen LogP contribution in [0.2, 0.25) is 36.3 Å². The van der Waals surface area contributed by atoms with Gasteiger partial charge in [-0.05, 0) is 133 Å². The maximum Gasteiger partial charge on any atom is 0.338 e. The summed E-state index contributed by atoms with van der Waals surface area (Å²) in [5, 5.41) is -1.41. The zero-order chi connectivity index (χ0) is 60.5. The van der Waals surface area contributed by atoms with Crippen LogP contribution in [0.5, 0.6) is 0 Å². The molecule has 8 aliphatic rings. The average molecular weight is 1280 g/mol. The lowest BCUT2D eigenvalue weighted by molar-refractivity contribution is -0.292. The Hall–Kier alpha value is -2.44. The Morgan fingerprint density at radius 3 is 2.14 bits per heavy atom. The highest BCUT2D eigenvalue weighted by molar-refractivity contribution is 9.11. The molecule has 8 fully saturated rings. The lowest BCUT2D eigenvalue weighted by atomic mass is 9.78. The van der Waals surface area contributed by atoms with Gasteiger partial charge in [0.1, 0.15) is 41.9 Å². The van der Waals surface area contributed by atoms with Gasteiger partial charge in [-0.15, -0.1) is 0 Å². The van der Waals surface area contributed by atoms with E-state index in [2.05, 4.69) is 104 Å². The van der Waals surface area contributed by atoms with E-state index in [1.54, 1.807) is 54.6 Å². The summed E-state index contributed by atoms with van der Waals surface area (Å²) in [6.07, 6.45) is 0.623. The summed E-state index contributed by atoms with van der Waals surface area (Å²) < 4.78 is 100. The van der Waals surface area contributed by atoms with Crippen LogP contribution in [-0.2, 0) is 61.4 Å². The van der Waals surface area contributed by atoms with Gasteiger partial charge in [-0.25, -0.2) is 13.2 Å². The summed E-state index contributed by atoms with van der Waals surface area (Å²) >= 11 is 3.50. The first-order valence-electron chi connectivity index (χ1n) is 31.8. The van der Waals surface area contributed by atoms with Crippen LogP contribution < -0.4 is 0 Å². The van der Waals surface area contributed by atoms with Crippen LogP contribution in [0.4, 0.5) is 0 Å². The van der Waals surface area contributed by atoms with Crippen molar-refractivity contribution >= 4 is 54.2 Å². The van der Waals surface area contributed by atoms with Gasteiger partial charge in [0.2, 0.25) is 0 Å². The van der Waals surface area contributed by atoms with Gasteiger partial charge in [-0.2, -0.15) is 0 Å². The number of ether oxygens (including phenoxy) is 8. The Balaban J connectivity index is 0.961. The summed E-state index contributed by atoms with van der Waals surface area (Å²) in [4.78, 5) is 29.2. The molecule has 5 unspecified atom stereocenters. The van der Waals surface area contributed by atoms with Gasteiger partial charge in [0.05, 0.1) is 53.2 Å². The number of benzene rings is 2. The Morgan fingerprint density at radius 2 is 1.48 bits per heavy atom. The van der Waals surface area contributed by atoms with Gasteiger partial charge < -0.3 is 46.7 Å². The fourth-order valence-corrected chi connectivity index (χ4v) is 20.7. The molecule has 468 valence electrons. The summed E-state index contributed by atoms with van der Waals surface area (Å²) in [5.41, 5.74) is 1.44. The molecule has 0 N–H and O–H groups in total. The van der Waals surface area contributed by atoms with Crippen molar-refractivity contribution in [3.05, 3.63) is 89.4 Å². The molecule has 8 saturated heterocycles. The molecule has 84 heavy (non-hydrogen) atoms. The Labute approximate surface area is 513 Å². The standard InChI is InChI=1S/C66H99BrO14SSi2/c1-14-84(15-2,16-3)72-33-23-26-47-35-42(5)44(7)54(74-47)38-55-57(45(8)53(77-55)34-41(4)40-73-83(12,13)65(9,10)11)63(82(70,71)50-27-21-18-22-28-50)51(68)37-48-29-30-52-58(75-48)62-61-60(78-52)59-56(79-61)39-66(80-59,81-62)32-31-49(36-43(6)67)76-64(69)46-24-19-17-20-25-46/h17-22,24-25,27-28,41-42,45,47-49,52-63H,6-7,14-16,23,26,29-40H2,1-5,8-13H3/t41-,42+,45-,47-,48+,49+,52-,53+,54+,55?,56?,57+,58?,59-,60-,61?,62-,63?,66-/m0/s1. The van der Waals surface area contributed by atoms with Crippen LogP contribution >= 0.6 is 15.9 Å². The van der Waals surface area contributed by atoms with E-state index in [1.165, 1.54) is 0 Å². The van der Waals surface area contributed by atoms with E-state index in [0.29, 0.717) is 68.0 Å². The van der Waals surface area contributed by atoms with Crippen LogP contribution in [0, 0.1) is 23.7 Å². The number of hydrogen-bond acceptors (Lipinski definition) is 14. The number of esters is 1. The van der Waals surface area contributed by atoms with E-state index in [9.17, 15) is 4.79 Å². The molecule has 0 aliphatic carbocycles. The number of carbonyl (C=O) groups is 2. The Bertz CT molecular complexity index is 2680. The van der Waals surface area contributed by atoms with E-state index in [4.69, 9.17) is 46.7 Å². The SMILES string of the molecule is C=C(Br)C[C@@H](CC[C@@]12CC3OC4[C@@H](O1)C1O[C@@H](CC(=O)C([C@H]5C(C[C@H]6O[C@@H](CCCO[Si](CC)(CC)CC)C[C@@H](C)C6=C)O[C@H](C[C@H](C)CO[Si](C)(C)C(C)(C)C)[C@@H]5C)S(=O)(=O)c5ccccc5)CC[C@@H]1O[C@H]4[C@H]3O2)OC(=O)c1ccccc1. The van der Waals surface area contributed by atoms with Crippen molar-refractivity contribution in [2.75, 3.05) is 13.2 Å². The normalized spacial score (nSPS) is 34.2. The van der Waals surface area contributed by atoms with Crippen LogP contribution in [-0.4, -0.2) is 140 Å². The molecule has 8 heterocycles. The number of rotatable bonds is 28. The molecule has 18 heteroatoms. The number of fused-ring (bicyclic) bond motifs is 1. The minimum atomic E-state index is -4.32. The summed E-state index contributed by atoms with van der Waals surface area (Å²) in [6, 6.07) is 20.7. The number of carbonyl (C=O) groups excluding carboxylic acids is 2. The Morgan fingerprint density at radius 1 is 0.821 bits per heavy atom. The smallest absolute Gasteiger partial charge is 0.338 e. The van der Waals surface area contributed by atoms with E-state index >= 15 is 13.2 Å². The highest BCUT2D eigenvalue weighted by atomic mass is 79.9. The van der Waals surface area contributed by atoms with Crippen LogP contribution in [0.15, 0.2) is 88.8 Å². The third kappa shape index (κ3) is 14.6. The molecular formula is C66H99BrO14SSi2. The van der Waals surface area contributed by atoms with Gasteiger partial charge in [0.15, 0.2) is 38.0 Å². The lowest BCUT2D eigenvalue weighted by Crippen LogP contribution is -2.62. The lowest BCUT2D eigenvalue weighted by Gasteiger charge is -2.47. The fraction of sp³-hybridized carbons (Fsp3) is 0.727. The predicted molar refractivity (Wildman–Crippen MR) is 334 cm³/mol. The first-order chi connectivity index (χ1) is 39.8. The van der Waals surface area contributed by atoms with Gasteiger partial charge in [-0.3, -0.25) is 4.79 Å².